The third-order valence-electron chi connectivity index (χ3n) is 4.84. The molecule has 31 heavy (non-hydrogen) atoms. The van der Waals surface area contributed by atoms with Crippen molar-refractivity contribution < 1.29 is 14.3 Å². The molecule has 0 unspecified atom stereocenters. The van der Waals surface area contributed by atoms with Gasteiger partial charge in [0, 0.05) is 0 Å². The molecule has 0 amide bonds. The van der Waals surface area contributed by atoms with Gasteiger partial charge in [-0.1, -0.05) is 47.7 Å². The van der Waals surface area contributed by atoms with E-state index in [2.05, 4.69) is 4.98 Å². The number of para-hydroxylation sites is 2. The maximum atomic E-state index is 12.9. The predicted octanol–water partition coefficient (Wildman–Crippen LogP) is 3.68. The van der Waals surface area contributed by atoms with Gasteiger partial charge in [-0.05, 0) is 48.0 Å². The third-order valence-corrected chi connectivity index (χ3v) is 5.81. The lowest BCUT2D eigenvalue weighted by molar-refractivity contribution is 0.0729. The van der Waals surface area contributed by atoms with Gasteiger partial charge in [-0.2, -0.15) is 0 Å². The molecule has 5 rings (SSSR count). The van der Waals surface area contributed by atoms with E-state index >= 15 is 0 Å². The zero-order chi connectivity index (χ0) is 21.4. The zero-order valence-corrected chi connectivity index (χ0v) is 17.3. The molecule has 0 aliphatic rings. The van der Waals surface area contributed by atoms with Crippen LogP contribution in [0.2, 0.25) is 0 Å². The molecule has 0 saturated carbocycles. The molecule has 0 N–H and O–H groups in total. The standard InChI is InChI=1S/C24H16N2O4S/c1-29-20-13-15(11-12-19(20)30-23(28)16-7-3-2-4-8-16)14-21-22(27)26-18-10-6-5-9-17(18)25-24(26)31-21/h2-14H,1H3/b21-14-. The summed E-state index contributed by atoms with van der Waals surface area (Å²) in [5, 5.41) is 0. The molecule has 5 aromatic rings. The number of benzene rings is 3. The van der Waals surface area contributed by atoms with E-state index in [-0.39, 0.29) is 5.56 Å². The molecule has 6 nitrogen and oxygen atoms in total. The van der Waals surface area contributed by atoms with Crippen molar-refractivity contribution in [1.29, 1.82) is 0 Å². The molecule has 0 aliphatic carbocycles. The molecule has 2 heterocycles. The maximum absolute atomic E-state index is 12.9. The van der Waals surface area contributed by atoms with Crippen LogP contribution in [0.25, 0.3) is 22.1 Å². The summed E-state index contributed by atoms with van der Waals surface area (Å²) < 4.78 is 13.1. The first-order valence-corrected chi connectivity index (χ1v) is 10.3. The number of aromatic nitrogens is 2. The predicted molar refractivity (Wildman–Crippen MR) is 120 cm³/mol. The van der Waals surface area contributed by atoms with E-state index in [0.29, 0.717) is 26.6 Å². The second-order valence-corrected chi connectivity index (χ2v) is 7.81. The first kappa shape index (κ1) is 19.0. The van der Waals surface area contributed by atoms with Crippen LogP contribution in [0.5, 0.6) is 11.5 Å². The van der Waals surface area contributed by atoms with Crippen molar-refractivity contribution in [3.63, 3.8) is 0 Å². The lowest BCUT2D eigenvalue weighted by atomic mass is 10.2. The summed E-state index contributed by atoms with van der Waals surface area (Å²) in [7, 11) is 1.50. The Bertz CT molecular complexity index is 1540. The van der Waals surface area contributed by atoms with Gasteiger partial charge in [-0.25, -0.2) is 14.2 Å². The van der Waals surface area contributed by atoms with E-state index in [1.54, 1.807) is 52.9 Å². The van der Waals surface area contributed by atoms with Crippen molar-refractivity contribution in [1.82, 2.24) is 9.38 Å². The summed E-state index contributed by atoms with van der Waals surface area (Å²) >= 11 is 1.33. The molecular formula is C24H16N2O4S. The highest BCUT2D eigenvalue weighted by atomic mass is 32.1. The van der Waals surface area contributed by atoms with E-state index < -0.39 is 5.97 Å². The lowest BCUT2D eigenvalue weighted by Crippen LogP contribution is -2.22. The number of carbonyl (C=O) groups excluding carboxylic acids is 1. The van der Waals surface area contributed by atoms with Crippen molar-refractivity contribution in [2.45, 2.75) is 0 Å². The second kappa shape index (κ2) is 7.70. The summed E-state index contributed by atoms with van der Waals surface area (Å²) in [5.41, 5.74) is 2.67. The number of methoxy groups -OCH3 is 1. The van der Waals surface area contributed by atoms with Gasteiger partial charge in [0.2, 0.25) is 0 Å². The van der Waals surface area contributed by atoms with Gasteiger partial charge in [0.1, 0.15) is 0 Å². The van der Waals surface area contributed by atoms with Crippen LogP contribution in [-0.4, -0.2) is 22.5 Å². The van der Waals surface area contributed by atoms with Gasteiger partial charge in [0.15, 0.2) is 16.5 Å². The Morgan fingerprint density at radius 1 is 1.00 bits per heavy atom. The number of nitrogens with zero attached hydrogens (tertiary/aromatic N) is 2. The van der Waals surface area contributed by atoms with E-state index in [4.69, 9.17) is 9.47 Å². The van der Waals surface area contributed by atoms with Crippen LogP contribution in [0, 0.1) is 0 Å². The number of fused-ring (bicyclic) bond motifs is 3. The number of hydrogen-bond acceptors (Lipinski definition) is 6. The van der Waals surface area contributed by atoms with Crippen molar-refractivity contribution >= 4 is 39.4 Å². The zero-order valence-electron chi connectivity index (χ0n) is 16.4. The quantitative estimate of drug-likeness (QED) is 0.323. The summed E-state index contributed by atoms with van der Waals surface area (Å²) in [6.07, 6.45) is 1.78. The minimum atomic E-state index is -0.469. The Kier molecular flexibility index (Phi) is 4.72. The molecule has 3 aromatic carbocycles. The monoisotopic (exact) mass is 428 g/mol. The summed E-state index contributed by atoms with van der Waals surface area (Å²) in [6, 6.07) is 21.5. The average Bonchev–Trinajstić information content (AvgIpc) is 3.31. The number of thiazole rings is 1. The molecule has 0 fully saturated rings. The Labute approximate surface area is 180 Å². The lowest BCUT2D eigenvalue weighted by Gasteiger charge is -2.10. The van der Waals surface area contributed by atoms with E-state index in [1.807, 2.05) is 30.3 Å². The first-order valence-electron chi connectivity index (χ1n) is 9.51. The number of rotatable bonds is 4. The summed E-state index contributed by atoms with van der Waals surface area (Å²) in [4.78, 5) is 30.5. The van der Waals surface area contributed by atoms with Crippen molar-refractivity contribution in [3.8, 4) is 11.5 Å². The summed E-state index contributed by atoms with van der Waals surface area (Å²) in [6.45, 7) is 0. The Morgan fingerprint density at radius 2 is 1.77 bits per heavy atom. The van der Waals surface area contributed by atoms with Crippen molar-refractivity contribution in [3.05, 3.63) is 98.8 Å². The van der Waals surface area contributed by atoms with Crippen LogP contribution in [-0.2, 0) is 0 Å². The molecule has 152 valence electrons. The van der Waals surface area contributed by atoms with Crippen LogP contribution in [0.4, 0.5) is 0 Å². The topological polar surface area (TPSA) is 69.9 Å². The largest absolute Gasteiger partial charge is 0.493 e. The van der Waals surface area contributed by atoms with Crippen LogP contribution >= 0.6 is 11.3 Å². The van der Waals surface area contributed by atoms with Gasteiger partial charge in [-0.3, -0.25) is 4.79 Å². The molecule has 0 saturated heterocycles. The maximum Gasteiger partial charge on any atom is 0.343 e. The highest BCUT2D eigenvalue weighted by molar-refractivity contribution is 7.15. The molecule has 7 heteroatoms. The minimum Gasteiger partial charge on any atom is -0.493 e. The number of ether oxygens (including phenoxy) is 2. The fourth-order valence-corrected chi connectivity index (χ4v) is 4.34. The Hall–Kier alpha value is -3.97. The second-order valence-electron chi connectivity index (χ2n) is 6.80. The molecule has 0 aliphatic heterocycles. The third kappa shape index (κ3) is 3.45. The highest BCUT2D eigenvalue weighted by Crippen LogP contribution is 2.29. The van der Waals surface area contributed by atoms with E-state index in [9.17, 15) is 9.59 Å². The van der Waals surface area contributed by atoms with Crippen LogP contribution in [0.1, 0.15) is 15.9 Å². The van der Waals surface area contributed by atoms with Gasteiger partial charge < -0.3 is 9.47 Å². The van der Waals surface area contributed by atoms with Crippen molar-refractivity contribution in [2.75, 3.05) is 7.11 Å². The average molecular weight is 428 g/mol. The minimum absolute atomic E-state index is 0.118. The summed E-state index contributed by atoms with van der Waals surface area (Å²) in [5.74, 6) is 0.240. The smallest absolute Gasteiger partial charge is 0.343 e. The molecule has 0 atom stereocenters. The van der Waals surface area contributed by atoms with Gasteiger partial charge in [0.05, 0.1) is 28.2 Å². The fourth-order valence-electron chi connectivity index (χ4n) is 3.35. The van der Waals surface area contributed by atoms with E-state index in [0.717, 1.165) is 16.6 Å². The molecular weight excluding hydrogens is 412 g/mol. The molecule has 0 spiro atoms. The van der Waals surface area contributed by atoms with Gasteiger partial charge in [0.25, 0.3) is 5.56 Å². The number of carbonyl (C=O) groups is 1. The van der Waals surface area contributed by atoms with E-state index in [1.165, 1.54) is 18.4 Å². The highest BCUT2D eigenvalue weighted by Gasteiger charge is 2.14. The fraction of sp³-hybridized carbons (Fsp3) is 0.0417. The first-order chi connectivity index (χ1) is 15.1. The normalized spacial score (nSPS) is 11.8. The van der Waals surface area contributed by atoms with Gasteiger partial charge in [-0.15, -0.1) is 0 Å². The molecule has 0 radical (unpaired) electrons. The molecule has 0 bridgehead atoms. The van der Waals surface area contributed by atoms with Crippen LogP contribution < -0.4 is 19.6 Å². The Morgan fingerprint density at radius 3 is 2.58 bits per heavy atom. The number of imidazole rings is 1. The van der Waals surface area contributed by atoms with Gasteiger partial charge >= 0.3 is 5.97 Å². The number of esters is 1. The van der Waals surface area contributed by atoms with Crippen LogP contribution in [0.15, 0.2) is 77.6 Å². The number of hydrogen-bond donors (Lipinski definition) is 0. The molecule has 2 aromatic heterocycles. The van der Waals surface area contributed by atoms with Crippen LogP contribution in [0.3, 0.4) is 0 Å². The Balaban J connectivity index is 1.51. The van der Waals surface area contributed by atoms with Crippen molar-refractivity contribution in [2.24, 2.45) is 0 Å². The SMILES string of the molecule is COc1cc(/C=c2\sc3nc4ccccc4n3c2=O)ccc1OC(=O)c1ccccc1.